The van der Waals surface area contributed by atoms with Crippen LogP contribution < -0.4 is 9.13 Å². The summed E-state index contributed by atoms with van der Waals surface area (Å²) < 4.78 is 39.0. The van der Waals surface area contributed by atoms with Crippen LogP contribution in [0.1, 0.15) is 36.3 Å². The van der Waals surface area contributed by atoms with E-state index in [1.54, 1.807) is 22.9 Å². The third-order valence-electron chi connectivity index (χ3n) is 7.02. The molecule has 2 unspecified atom stereocenters. The average Bonchev–Trinajstić information content (AvgIpc) is 3.17. The number of esters is 1. The highest BCUT2D eigenvalue weighted by Gasteiger charge is 2.84. The molecule has 4 nitrogen and oxygen atoms in total. The number of fused-ring (bicyclic) bond motifs is 7. The number of benzene rings is 1. The van der Waals surface area contributed by atoms with Crippen molar-refractivity contribution in [1.82, 2.24) is 0 Å². The fourth-order valence-corrected chi connectivity index (χ4v) is 5.76. The molecule has 0 spiro atoms. The Labute approximate surface area is 171 Å². The van der Waals surface area contributed by atoms with Gasteiger partial charge in [0, 0.05) is 37.3 Å². The summed E-state index contributed by atoms with van der Waals surface area (Å²) in [5.74, 6) is -1.20. The molecule has 1 aliphatic carbocycles. The maximum Gasteiger partial charge on any atom is 0.413 e. The number of carbonyl (C=O) groups excluding carboxylic acids is 1. The van der Waals surface area contributed by atoms with Gasteiger partial charge in [-0.05, 0) is 30.2 Å². The van der Waals surface area contributed by atoms with E-state index in [2.05, 4.69) is 0 Å². The minimum Gasteiger partial charge on any atom is -0.362 e. The molecule has 0 saturated heterocycles. The molecule has 0 amide bonds. The molecule has 148 valence electrons. The van der Waals surface area contributed by atoms with Crippen LogP contribution in [-0.4, -0.2) is 5.97 Å². The Balaban J connectivity index is 1.77. The van der Waals surface area contributed by atoms with Gasteiger partial charge in [-0.25, -0.2) is 13.6 Å². The summed E-state index contributed by atoms with van der Waals surface area (Å²) in [6.07, 6.45) is 4.29. The van der Waals surface area contributed by atoms with Crippen LogP contribution in [0.25, 0.3) is 17.1 Å². The van der Waals surface area contributed by atoms with Gasteiger partial charge in [0.25, 0.3) is 5.69 Å². The number of carbonyl (C=O) groups is 1. The topological polar surface area (TPSA) is 34.1 Å². The number of nitrogens with zero attached hydrogens (tertiary/aromatic N) is 2. The monoisotopic (exact) mass is 404 g/mol. The van der Waals surface area contributed by atoms with Crippen molar-refractivity contribution in [2.75, 3.05) is 0 Å². The summed E-state index contributed by atoms with van der Waals surface area (Å²) in [6, 6.07) is 13.2. The molecule has 30 heavy (non-hydrogen) atoms. The second-order valence-electron chi connectivity index (χ2n) is 8.12. The molecule has 0 N–H and O–H groups in total. The molecule has 2 aliphatic heterocycles. The van der Waals surface area contributed by atoms with Crippen molar-refractivity contribution >= 4 is 11.9 Å². The molecule has 0 bridgehead atoms. The maximum absolute atomic E-state index is 15.1. The molecule has 6 rings (SSSR count). The van der Waals surface area contributed by atoms with Crippen LogP contribution in [0.3, 0.4) is 0 Å². The zero-order valence-corrected chi connectivity index (χ0v) is 16.4. The summed E-state index contributed by atoms with van der Waals surface area (Å²) in [6.45, 7) is 4.05. The quantitative estimate of drug-likeness (QED) is 0.459. The number of ether oxygens (including phenoxy) is 1. The van der Waals surface area contributed by atoms with Crippen LogP contribution in [0.4, 0.5) is 8.78 Å². The largest absolute Gasteiger partial charge is 0.413 e. The van der Waals surface area contributed by atoms with E-state index in [4.69, 9.17) is 4.74 Å². The number of allylic oxidation sites excluding steroid dienone is 1. The summed E-state index contributed by atoms with van der Waals surface area (Å²) in [7, 11) is 0. The Morgan fingerprint density at radius 3 is 2.53 bits per heavy atom. The molecule has 3 aliphatic rings. The van der Waals surface area contributed by atoms with E-state index >= 15 is 4.39 Å². The third-order valence-corrected chi connectivity index (χ3v) is 7.02. The molecule has 6 heteroatoms. The smallest absolute Gasteiger partial charge is 0.362 e. The van der Waals surface area contributed by atoms with E-state index in [1.165, 1.54) is 6.07 Å². The molecule has 1 fully saturated rings. The van der Waals surface area contributed by atoms with Gasteiger partial charge in [-0.1, -0.05) is 6.92 Å². The van der Waals surface area contributed by atoms with Crippen LogP contribution in [0.15, 0.2) is 66.5 Å². The molecular formula is C24H18F2N2O2+2. The van der Waals surface area contributed by atoms with Crippen molar-refractivity contribution in [3.63, 3.8) is 0 Å². The van der Waals surface area contributed by atoms with Gasteiger partial charge >= 0.3 is 11.9 Å². The molecule has 2 atom stereocenters. The highest BCUT2D eigenvalue weighted by atomic mass is 19.1. The molecular weight excluding hydrogens is 386 g/mol. The Hall–Kier alpha value is -3.41. The number of rotatable bonds is 1. The predicted octanol–water partition coefficient (Wildman–Crippen LogP) is 3.64. The lowest BCUT2D eigenvalue weighted by atomic mass is 9.80. The number of hydrogen-bond donors (Lipinski definition) is 0. The number of pyridine rings is 2. The molecule has 2 aromatic heterocycles. The fraction of sp³-hybridized carbons (Fsp3) is 0.208. The fourth-order valence-electron chi connectivity index (χ4n) is 5.76. The van der Waals surface area contributed by atoms with Crippen LogP contribution in [-0.2, 0) is 15.7 Å². The van der Waals surface area contributed by atoms with Gasteiger partial charge in [-0.3, -0.25) is 0 Å². The average molecular weight is 404 g/mol. The highest BCUT2D eigenvalue weighted by Crippen LogP contribution is 2.71. The van der Waals surface area contributed by atoms with Crippen molar-refractivity contribution in [2.45, 2.75) is 31.2 Å². The summed E-state index contributed by atoms with van der Waals surface area (Å²) in [4.78, 5) is 12.5. The van der Waals surface area contributed by atoms with Crippen LogP contribution in [0.5, 0.6) is 0 Å². The minimum atomic E-state index is -0.690. The number of halogens is 2. The first kappa shape index (κ1) is 17.4. The van der Waals surface area contributed by atoms with Gasteiger partial charge in [0.1, 0.15) is 22.6 Å². The summed E-state index contributed by atoms with van der Waals surface area (Å²) >= 11 is 0. The van der Waals surface area contributed by atoms with Crippen molar-refractivity contribution in [3.8, 4) is 11.3 Å². The van der Waals surface area contributed by atoms with Gasteiger partial charge in [-0.15, -0.1) is 4.57 Å². The van der Waals surface area contributed by atoms with Crippen molar-refractivity contribution < 1.29 is 27.4 Å². The molecule has 1 saturated carbocycles. The van der Waals surface area contributed by atoms with Gasteiger partial charge in [0.15, 0.2) is 12.4 Å². The zero-order valence-electron chi connectivity index (χ0n) is 16.4. The van der Waals surface area contributed by atoms with Crippen LogP contribution >= 0.6 is 0 Å². The first-order valence-corrected chi connectivity index (χ1v) is 9.94. The number of cyclic esters (lactones) is 1. The van der Waals surface area contributed by atoms with Crippen molar-refractivity contribution in [3.05, 3.63) is 89.4 Å². The van der Waals surface area contributed by atoms with Crippen molar-refractivity contribution in [1.29, 1.82) is 0 Å². The Bertz CT molecular complexity index is 1330. The Morgan fingerprint density at radius 1 is 1.03 bits per heavy atom. The lowest BCUT2D eigenvalue weighted by Gasteiger charge is -2.25. The van der Waals surface area contributed by atoms with E-state index in [0.717, 1.165) is 11.6 Å². The molecule has 3 aromatic rings. The van der Waals surface area contributed by atoms with Crippen LogP contribution in [0, 0.1) is 11.6 Å². The molecule has 1 aromatic carbocycles. The van der Waals surface area contributed by atoms with Gasteiger partial charge in [0.05, 0.1) is 5.56 Å². The van der Waals surface area contributed by atoms with Crippen molar-refractivity contribution in [2.24, 2.45) is 0 Å². The Kier molecular flexibility index (Phi) is 3.13. The lowest BCUT2D eigenvalue weighted by Crippen LogP contribution is -2.53. The molecule has 4 heterocycles. The van der Waals surface area contributed by atoms with E-state index < -0.39 is 28.6 Å². The second-order valence-corrected chi connectivity index (χ2v) is 8.12. The lowest BCUT2D eigenvalue weighted by molar-refractivity contribution is -0.728. The Morgan fingerprint density at radius 2 is 1.77 bits per heavy atom. The SMILES string of the molecule is CCC12C(=C3OC(=O)c4cccc[n+]43)C1(C)[n+]1ccccc1-c1c(F)cc(F)cc12. The minimum absolute atomic E-state index is 0.398. The van der Waals surface area contributed by atoms with Gasteiger partial charge in [0.2, 0.25) is 11.2 Å². The second kappa shape index (κ2) is 5.39. The third kappa shape index (κ3) is 1.74. The first-order valence-electron chi connectivity index (χ1n) is 9.94. The summed E-state index contributed by atoms with van der Waals surface area (Å²) in [5, 5.41) is 0. The van der Waals surface area contributed by atoms with Gasteiger partial charge in [-0.2, -0.15) is 4.57 Å². The normalized spacial score (nSPS) is 27.7. The summed E-state index contributed by atoms with van der Waals surface area (Å²) in [5.41, 5.74) is 1.64. The first-order chi connectivity index (χ1) is 14.4. The predicted molar refractivity (Wildman–Crippen MR) is 103 cm³/mol. The molecule has 0 radical (unpaired) electrons. The maximum atomic E-state index is 15.1. The highest BCUT2D eigenvalue weighted by molar-refractivity contribution is 5.92. The number of hydrogen-bond acceptors (Lipinski definition) is 2. The standard InChI is InChI=1S/C24H18F2N2O2/c1-3-24-15-12-14(25)13-16(26)19(15)17-8-5-7-11-28(17)23(24,2)20(24)21-27-10-6-4-9-18(27)22(29)30-21/h4-13H,3H2,1-2H3/q+2. The van der Waals surface area contributed by atoms with E-state index in [9.17, 15) is 9.18 Å². The van der Waals surface area contributed by atoms with E-state index in [-0.39, 0.29) is 0 Å². The van der Waals surface area contributed by atoms with E-state index in [0.29, 0.717) is 34.8 Å². The van der Waals surface area contributed by atoms with Crippen LogP contribution in [0.2, 0.25) is 0 Å². The van der Waals surface area contributed by atoms with Gasteiger partial charge < -0.3 is 4.74 Å². The zero-order chi connectivity index (χ0) is 20.8. The van der Waals surface area contributed by atoms with E-state index in [1.807, 2.05) is 48.9 Å². The number of aromatic nitrogens is 2.